The van der Waals surface area contributed by atoms with Crippen molar-refractivity contribution in [3.8, 4) is 11.6 Å². The Kier molecular flexibility index (Phi) is 3.68. The zero-order valence-corrected chi connectivity index (χ0v) is 12.6. The average Bonchev–Trinajstić information content (AvgIpc) is 2.92. The molecule has 0 amide bonds. The normalized spacial score (nSPS) is 10.8. The molecule has 21 heavy (non-hydrogen) atoms. The van der Waals surface area contributed by atoms with Gasteiger partial charge in [0.25, 0.3) is 0 Å². The molecule has 108 valence electrons. The number of anilines is 1. The van der Waals surface area contributed by atoms with E-state index in [1.165, 1.54) is 4.88 Å². The molecule has 0 atom stereocenters. The lowest BCUT2D eigenvalue weighted by atomic mass is 10.3. The summed E-state index contributed by atoms with van der Waals surface area (Å²) in [5, 5.41) is 0.888. The first-order valence-electron chi connectivity index (χ1n) is 6.57. The van der Waals surface area contributed by atoms with Gasteiger partial charge in [0.2, 0.25) is 11.8 Å². The summed E-state index contributed by atoms with van der Waals surface area (Å²) in [7, 11) is 0. The minimum absolute atomic E-state index is 0.337. The van der Waals surface area contributed by atoms with E-state index >= 15 is 0 Å². The smallest absolute Gasteiger partial charge is 0.241 e. The van der Waals surface area contributed by atoms with Crippen molar-refractivity contribution in [1.29, 1.82) is 0 Å². The minimum Gasteiger partial charge on any atom is -0.436 e. The molecular formula is C14H15N5OS. The van der Waals surface area contributed by atoms with Gasteiger partial charge in [0.05, 0.1) is 11.1 Å². The monoisotopic (exact) mass is 301 g/mol. The maximum absolute atomic E-state index is 5.92. The first-order valence-corrected chi connectivity index (χ1v) is 7.39. The number of hydrogen-bond acceptors (Lipinski definition) is 7. The van der Waals surface area contributed by atoms with Gasteiger partial charge in [-0.25, -0.2) is 10.8 Å². The first kappa shape index (κ1) is 13.7. The second kappa shape index (κ2) is 5.63. The van der Waals surface area contributed by atoms with Gasteiger partial charge in [0.15, 0.2) is 5.75 Å². The third kappa shape index (κ3) is 2.65. The van der Waals surface area contributed by atoms with Crippen molar-refractivity contribution in [2.75, 3.05) is 5.43 Å². The van der Waals surface area contributed by atoms with Crippen LogP contribution >= 0.6 is 11.3 Å². The number of nitrogens with zero attached hydrogens (tertiary/aromatic N) is 3. The van der Waals surface area contributed by atoms with Crippen LogP contribution in [0.25, 0.3) is 10.2 Å². The van der Waals surface area contributed by atoms with Gasteiger partial charge < -0.3 is 4.74 Å². The van der Waals surface area contributed by atoms with Crippen LogP contribution in [-0.4, -0.2) is 15.0 Å². The second-order valence-corrected chi connectivity index (χ2v) is 5.59. The van der Waals surface area contributed by atoms with Crippen molar-refractivity contribution in [1.82, 2.24) is 15.0 Å². The maximum atomic E-state index is 5.92. The second-order valence-electron chi connectivity index (χ2n) is 4.47. The molecular weight excluding hydrogens is 286 g/mol. The fourth-order valence-electron chi connectivity index (χ4n) is 1.94. The number of aryl methyl sites for hydroxylation is 2. The van der Waals surface area contributed by atoms with Crippen LogP contribution < -0.4 is 16.0 Å². The van der Waals surface area contributed by atoms with Crippen LogP contribution in [0.5, 0.6) is 11.6 Å². The van der Waals surface area contributed by atoms with Gasteiger partial charge in [0, 0.05) is 11.1 Å². The lowest BCUT2D eigenvalue weighted by Crippen LogP contribution is -2.10. The summed E-state index contributed by atoms with van der Waals surface area (Å²) in [6.07, 6.45) is 2.67. The number of nitrogen functional groups attached to an aromatic ring is 1. The molecule has 0 spiro atoms. The van der Waals surface area contributed by atoms with Crippen molar-refractivity contribution >= 4 is 27.5 Å². The quantitative estimate of drug-likeness (QED) is 0.569. The Balaban J connectivity index is 2.11. The minimum atomic E-state index is 0.337. The molecule has 0 aliphatic carbocycles. The number of ether oxygens (including phenoxy) is 1. The van der Waals surface area contributed by atoms with E-state index in [9.17, 15) is 0 Å². The topological polar surface area (TPSA) is 86.0 Å². The largest absolute Gasteiger partial charge is 0.436 e. The molecule has 6 nitrogen and oxygen atoms in total. The molecule has 0 radical (unpaired) electrons. The van der Waals surface area contributed by atoms with Crippen molar-refractivity contribution in [3.63, 3.8) is 0 Å². The zero-order chi connectivity index (χ0) is 14.8. The van der Waals surface area contributed by atoms with E-state index in [1.807, 2.05) is 19.1 Å². The molecule has 0 unspecified atom stereocenters. The van der Waals surface area contributed by atoms with Gasteiger partial charge in [-0.2, -0.15) is 4.98 Å². The van der Waals surface area contributed by atoms with Crippen molar-refractivity contribution in [2.45, 2.75) is 20.3 Å². The molecule has 0 aromatic carbocycles. The summed E-state index contributed by atoms with van der Waals surface area (Å²) in [6, 6.07) is 5.74. The Morgan fingerprint density at radius 3 is 2.95 bits per heavy atom. The average molecular weight is 301 g/mol. The number of rotatable bonds is 4. The van der Waals surface area contributed by atoms with Gasteiger partial charge in [-0.1, -0.05) is 6.92 Å². The van der Waals surface area contributed by atoms with Gasteiger partial charge in [-0.3, -0.25) is 10.4 Å². The van der Waals surface area contributed by atoms with Crippen LogP contribution in [0, 0.1) is 6.92 Å². The first-order chi connectivity index (χ1) is 10.2. The summed E-state index contributed by atoms with van der Waals surface area (Å²) in [5.41, 5.74) is 3.28. The number of thiophene rings is 1. The highest BCUT2D eigenvalue weighted by atomic mass is 32.1. The number of nitrogens with one attached hydrogen (secondary N) is 1. The van der Waals surface area contributed by atoms with Crippen LogP contribution in [0.15, 0.2) is 24.4 Å². The number of hydrazine groups is 1. The predicted octanol–water partition coefficient (Wildman–Crippen LogP) is 3.04. The van der Waals surface area contributed by atoms with Crippen LogP contribution in [0.4, 0.5) is 5.95 Å². The van der Waals surface area contributed by atoms with Gasteiger partial charge in [-0.15, -0.1) is 11.3 Å². The Morgan fingerprint density at radius 2 is 2.24 bits per heavy atom. The predicted molar refractivity (Wildman–Crippen MR) is 83.7 cm³/mol. The van der Waals surface area contributed by atoms with E-state index < -0.39 is 0 Å². The Hall–Kier alpha value is -2.25. The van der Waals surface area contributed by atoms with Gasteiger partial charge in [-0.05, 0) is 31.5 Å². The molecule has 0 fully saturated rings. The molecule has 3 aromatic heterocycles. The molecule has 0 saturated heterocycles. The summed E-state index contributed by atoms with van der Waals surface area (Å²) >= 11 is 1.61. The molecule has 3 rings (SSSR count). The summed E-state index contributed by atoms with van der Waals surface area (Å²) in [5.74, 6) is 6.93. The van der Waals surface area contributed by atoms with Crippen molar-refractivity contribution in [3.05, 3.63) is 35.0 Å². The number of nitrogens with two attached hydrogens (primary N) is 1. The highest BCUT2D eigenvalue weighted by Crippen LogP contribution is 2.34. The molecule has 3 aromatic rings. The number of hydrogen-bond donors (Lipinski definition) is 2. The lowest BCUT2D eigenvalue weighted by Gasteiger charge is -2.08. The van der Waals surface area contributed by atoms with E-state index in [-0.39, 0.29) is 0 Å². The fraction of sp³-hybridized carbons (Fsp3) is 0.214. The van der Waals surface area contributed by atoms with Crippen LogP contribution in [-0.2, 0) is 6.42 Å². The Morgan fingerprint density at radius 1 is 1.38 bits per heavy atom. The maximum Gasteiger partial charge on any atom is 0.241 e. The summed E-state index contributed by atoms with van der Waals surface area (Å²) < 4.78 is 5.92. The van der Waals surface area contributed by atoms with Gasteiger partial charge >= 0.3 is 0 Å². The Labute approximate surface area is 126 Å². The molecule has 3 heterocycles. The highest BCUT2D eigenvalue weighted by Gasteiger charge is 2.14. The van der Waals surface area contributed by atoms with E-state index in [4.69, 9.17) is 10.6 Å². The molecule has 0 aliphatic heterocycles. The third-order valence-electron chi connectivity index (χ3n) is 3.05. The standard InChI is InChI=1S/C14H15N5OS/c1-3-9-7-10-12(17-14(19-15)18-13(10)21-9)20-11-5-4-6-16-8(11)2/h4-7H,3,15H2,1-2H3,(H,17,18,19). The SMILES string of the molecule is CCc1cc2c(Oc3cccnc3C)nc(NN)nc2s1. The van der Waals surface area contributed by atoms with Gasteiger partial charge in [0.1, 0.15) is 4.83 Å². The fourth-order valence-corrected chi connectivity index (χ4v) is 2.90. The third-order valence-corrected chi connectivity index (χ3v) is 4.22. The Bertz CT molecular complexity index is 786. The van der Waals surface area contributed by atoms with E-state index in [0.717, 1.165) is 22.3 Å². The summed E-state index contributed by atoms with van der Waals surface area (Å²) in [4.78, 5) is 15.0. The molecule has 7 heteroatoms. The zero-order valence-electron chi connectivity index (χ0n) is 11.8. The molecule has 0 saturated carbocycles. The number of fused-ring (bicyclic) bond motifs is 1. The van der Waals surface area contributed by atoms with Crippen LogP contribution in [0.1, 0.15) is 17.5 Å². The van der Waals surface area contributed by atoms with E-state index in [1.54, 1.807) is 17.5 Å². The highest BCUT2D eigenvalue weighted by molar-refractivity contribution is 7.18. The molecule has 0 bridgehead atoms. The van der Waals surface area contributed by atoms with Crippen molar-refractivity contribution in [2.24, 2.45) is 5.84 Å². The molecule has 0 aliphatic rings. The lowest BCUT2D eigenvalue weighted by molar-refractivity contribution is 0.462. The summed E-state index contributed by atoms with van der Waals surface area (Å²) in [6.45, 7) is 3.99. The van der Waals surface area contributed by atoms with Crippen LogP contribution in [0.2, 0.25) is 0 Å². The van der Waals surface area contributed by atoms with Crippen LogP contribution in [0.3, 0.4) is 0 Å². The number of pyridine rings is 1. The van der Waals surface area contributed by atoms with Crippen molar-refractivity contribution < 1.29 is 4.74 Å². The molecule has 3 N–H and O–H groups in total. The number of aromatic nitrogens is 3. The van der Waals surface area contributed by atoms with E-state index in [0.29, 0.717) is 17.6 Å². The van der Waals surface area contributed by atoms with E-state index in [2.05, 4.69) is 33.4 Å².